The molecule has 0 saturated heterocycles. The van der Waals surface area contributed by atoms with Crippen LogP contribution < -0.4 is 10.0 Å². The fourth-order valence-corrected chi connectivity index (χ4v) is 1.35. The van der Waals surface area contributed by atoms with Gasteiger partial charge in [-0.25, -0.2) is 13.1 Å². The van der Waals surface area contributed by atoms with Gasteiger partial charge in [0.25, 0.3) is 0 Å². The second-order valence-corrected chi connectivity index (χ2v) is 5.09. The number of hydrogen-bond acceptors (Lipinski definition) is 3. The summed E-state index contributed by atoms with van der Waals surface area (Å²) in [5.41, 5.74) is 0. The zero-order chi connectivity index (χ0) is 9.90. The van der Waals surface area contributed by atoms with Crippen molar-refractivity contribution in [1.29, 1.82) is 0 Å². The lowest BCUT2D eigenvalue weighted by molar-refractivity contribution is -0.121. The Balaban J connectivity index is 2.07. The van der Waals surface area contributed by atoms with Crippen molar-refractivity contribution in [2.24, 2.45) is 0 Å². The molecule has 1 fully saturated rings. The lowest BCUT2D eigenvalue weighted by atomic mass is 10.4. The molecule has 0 unspecified atom stereocenters. The van der Waals surface area contributed by atoms with Crippen LogP contribution in [-0.2, 0) is 14.8 Å². The van der Waals surface area contributed by atoms with Crippen LogP contribution in [0.2, 0.25) is 0 Å². The molecule has 1 saturated carbocycles. The highest BCUT2D eigenvalue weighted by Gasteiger charge is 2.22. The van der Waals surface area contributed by atoms with E-state index >= 15 is 0 Å². The molecule has 2 N–H and O–H groups in total. The molecule has 1 aliphatic rings. The highest BCUT2D eigenvalue weighted by Crippen LogP contribution is 2.18. The molecule has 1 rings (SSSR count). The minimum absolute atomic E-state index is 0.0846. The molecule has 1 aliphatic carbocycles. The van der Waals surface area contributed by atoms with E-state index in [4.69, 9.17) is 0 Å². The predicted octanol–water partition coefficient (Wildman–Crippen LogP) is -0.796. The third-order valence-corrected chi connectivity index (χ3v) is 2.39. The molecule has 0 atom stereocenters. The minimum Gasteiger partial charge on any atom is -0.353 e. The van der Waals surface area contributed by atoms with Gasteiger partial charge in [-0.3, -0.25) is 4.79 Å². The van der Waals surface area contributed by atoms with Crippen LogP contribution in [0.5, 0.6) is 0 Å². The third kappa shape index (κ3) is 5.59. The molecule has 6 heteroatoms. The molecule has 0 bridgehead atoms. The monoisotopic (exact) mass is 206 g/mol. The lowest BCUT2D eigenvalue weighted by Gasteiger charge is -2.03. The van der Waals surface area contributed by atoms with Crippen molar-refractivity contribution in [3.05, 3.63) is 0 Å². The quantitative estimate of drug-likeness (QED) is 0.618. The van der Waals surface area contributed by atoms with Crippen LogP contribution in [0.1, 0.15) is 19.3 Å². The first-order chi connectivity index (χ1) is 5.97. The third-order valence-electron chi connectivity index (χ3n) is 1.66. The topological polar surface area (TPSA) is 75.3 Å². The number of rotatable bonds is 5. The minimum atomic E-state index is -3.16. The summed E-state index contributed by atoms with van der Waals surface area (Å²) in [4.78, 5) is 11.0. The van der Waals surface area contributed by atoms with Crippen LogP contribution in [0.15, 0.2) is 0 Å². The first-order valence-electron chi connectivity index (χ1n) is 4.21. The first kappa shape index (κ1) is 10.5. The Kier molecular flexibility index (Phi) is 3.27. The van der Waals surface area contributed by atoms with Crippen molar-refractivity contribution >= 4 is 15.9 Å². The van der Waals surface area contributed by atoms with Gasteiger partial charge in [0.2, 0.25) is 15.9 Å². The van der Waals surface area contributed by atoms with Crippen molar-refractivity contribution in [3.8, 4) is 0 Å². The van der Waals surface area contributed by atoms with Gasteiger partial charge < -0.3 is 5.32 Å². The average Bonchev–Trinajstić information content (AvgIpc) is 2.68. The molecule has 0 aromatic rings. The summed E-state index contributed by atoms with van der Waals surface area (Å²) in [7, 11) is -3.16. The second kappa shape index (κ2) is 4.06. The summed E-state index contributed by atoms with van der Waals surface area (Å²) in [6.45, 7) is 0.178. The van der Waals surface area contributed by atoms with Gasteiger partial charge in [-0.2, -0.15) is 0 Å². The molecule has 0 spiro atoms. The fraction of sp³-hybridized carbons (Fsp3) is 0.857. The van der Waals surface area contributed by atoms with Crippen LogP contribution in [0.3, 0.4) is 0 Å². The zero-order valence-electron chi connectivity index (χ0n) is 7.54. The molecule has 76 valence electrons. The maximum Gasteiger partial charge on any atom is 0.221 e. The Morgan fingerprint density at radius 1 is 1.46 bits per heavy atom. The van der Waals surface area contributed by atoms with Crippen LogP contribution in [0, 0.1) is 0 Å². The molecule has 0 heterocycles. The number of amides is 1. The number of carbonyl (C=O) groups excluding carboxylic acids is 1. The van der Waals surface area contributed by atoms with E-state index in [1.54, 1.807) is 0 Å². The smallest absolute Gasteiger partial charge is 0.221 e. The summed E-state index contributed by atoms with van der Waals surface area (Å²) >= 11 is 0. The van der Waals surface area contributed by atoms with E-state index in [9.17, 15) is 13.2 Å². The first-order valence-corrected chi connectivity index (χ1v) is 6.10. The highest BCUT2D eigenvalue weighted by molar-refractivity contribution is 7.88. The summed E-state index contributed by atoms with van der Waals surface area (Å²) in [6.07, 6.45) is 3.38. The molecular formula is C7H14N2O3S. The van der Waals surface area contributed by atoms with Crippen molar-refractivity contribution in [2.75, 3.05) is 12.8 Å². The summed E-state index contributed by atoms with van der Waals surface area (Å²) in [5, 5.41) is 2.77. The van der Waals surface area contributed by atoms with E-state index in [0.717, 1.165) is 19.1 Å². The van der Waals surface area contributed by atoms with Crippen molar-refractivity contribution < 1.29 is 13.2 Å². The standard InChI is InChI=1S/C7H14N2O3S/c1-13(11,12)8-5-4-7(10)9-6-2-3-6/h6,8H,2-5H2,1H3,(H,9,10). The van der Waals surface area contributed by atoms with Crippen molar-refractivity contribution in [1.82, 2.24) is 10.0 Å². The van der Waals surface area contributed by atoms with Gasteiger partial charge in [0, 0.05) is 19.0 Å². The van der Waals surface area contributed by atoms with E-state index in [0.29, 0.717) is 6.04 Å². The van der Waals surface area contributed by atoms with Crippen LogP contribution in [0.4, 0.5) is 0 Å². The van der Waals surface area contributed by atoms with Gasteiger partial charge in [-0.15, -0.1) is 0 Å². The summed E-state index contributed by atoms with van der Waals surface area (Å²) in [6, 6.07) is 0.339. The number of hydrogen-bond donors (Lipinski definition) is 2. The Hall–Kier alpha value is -0.620. The van der Waals surface area contributed by atoms with Gasteiger partial charge in [0.05, 0.1) is 6.26 Å². The fourth-order valence-electron chi connectivity index (χ4n) is 0.877. The maximum absolute atomic E-state index is 11.0. The largest absolute Gasteiger partial charge is 0.353 e. The molecule has 0 aromatic heterocycles. The van der Waals surface area contributed by atoms with Crippen LogP contribution in [-0.4, -0.2) is 33.2 Å². The second-order valence-electron chi connectivity index (χ2n) is 3.26. The molecule has 5 nitrogen and oxygen atoms in total. The highest BCUT2D eigenvalue weighted by atomic mass is 32.2. The Morgan fingerprint density at radius 3 is 2.54 bits per heavy atom. The molecule has 1 amide bonds. The predicted molar refractivity (Wildman–Crippen MR) is 48.6 cm³/mol. The van der Waals surface area contributed by atoms with Gasteiger partial charge in [0.1, 0.15) is 0 Å². The van der Waals surface area contributed by atoms with Crippen LogP contribution in [0.25, 0.3) is 0 Å². The van der Waals surface area contributed by atoms with E-state index in [-0.39, 0.29) is 18.9 Å². The molecule has 0 aromatic carbocycles. The van der Waals surface area contributed by atoms with Gasteiger partial charge >= 0.3 is 0 Å². The molecule has 0 radical (unpaired) electrons. The van der Waals surface area contributed by atoms with E-state index in [2.05, 4.69) is 10.0 Å². The zero-order valence-corrected chi connectivity index (χ0v) is 8.36. The summed E-state index contributed by atoms with van der Waals surface area (Å²) < 4.78 is 23.5. The van der Waals surface area contributed by atoms with E-state index in [1.165, 1.54) is 0 Å². The van der Waals surface area contributed by atoms with E-state index < -0.39 is 10.0 Å². The number of sulfonamides is 1. The molecular weight excluding hydrogens is 192 g/mol. The Labute approximate surface area is 77.9 Å². The summed E-state index contributed by atoms with van der Waals surface area (Å²) in [5.74, 6) is -0.0846. The number of nitrogens with one attached hydrogen (secondary N) is 2. The van der Waals surface area contributed by atoms with E-state index in [1.807, 2.05) is 0 Å². The molecule has 13 heavy (non-hydrogen) atoms. The van der Waals surface area contributed by atoms with Crippen LogP contribution >= 0.6 is 0 Å². The maximum atomic E-state index is 11.0. The normalized spacial score (nSPS) is 17.0. The van der Waals surface area contributed by atoms with Crippen molar-refractivity contribution in [3.63, 3.8) is 0 Å². The Bertz CT molecular complexity index is 282. The van der Waals surface area contributed by atoms with Gasteiger partial charge in [0.15, 0.2) is 0 Å². The lowest BCUT2D eigenvalue weighted by Crippen LogP contribution is -2.31. The SMILES string of the molecule is CS(=O)(=O)NCCC(=O)NC1CC1. The van der Waals surface area contributed by atoms with Crippen molar-refractivity contribution in [2.45, 2.75) is 25.3 Å². The average molecular weight is 206 g/mol. The van der Waals surface area contributed by atoms with Gasteiger partial charge in [-0.05, 0) is 12.8 Å². The Morgan fingerprint density at radius 2 is 2.08 bits per heavy atom. The van der Waals surface area contributed by atoms with Gasteiger partial charge in [-0.1, -0.05) is 0 Å². The number of carbonyl (C=O) groups is 1. The molecule has 0 aliphatic heterocycles.